The van der Waals surface area contributed by atoms with Crippen LogP contribution in [0, 0.1) is 5.92 Å². The van der Waals surface area contributed by atoms with E-state index in [1.807, 2.05) is 39.8 Å². The van der Waals surface area contributed by atoms with Gasteiger partial charge in [0.2, 0.25) is 0 Å². The van der Waals surface area contributed by atoms with Crippen LogP contribution in [0.25, 0.3) is 0 Å². The lowest BCUT2D eigenvalue weighted by Crippen LogP contribution is -2.26. The lowest BCUT2D eigenvalue weighted by atomic mass is 9.91. The van der Waals surface area contributed by atoms with Gasteiger partial charge in [-0.25, -0.2) is 0 Å². The molecule has 0 saturated carbocycles. The lowest BCUT2D eigenvalue weighted by molar-refractivity contribution is -0.124. The average molecular weight is 224 g/mol. The molecule has 0 heterocycles. The molecule has 1 N–H and O–H groups in total. The number of hydrogen-bond acceptors (Lipinski definition) is 2. The number of aliphatic hydroxyl groups excluding tert-OH is 1. The standard InChI is InChI=1S/C14H24O2/c1-6-8-13(15)12(5)14(16)11(4)9-10(3)7-2/h7,9,12,14,16H,6,8H2,1-5H3. The summed E-state index contributed by atoms with van der Waals surface area (Å²) in [6.07, 6.45) is 4.64. The Balaban J connectivity index is 4.60. The number of carbonyl (C=O) groups is 1. The van der Waals surface area contributed by atoms with Crippen LogP contribution in [0.5, 0.6) is 0 Å². The molecule has 2 heteroatoms. The Kier molecular flexibility index (Phi) is 6.98. The van der Waals surface area contributed by atoms with Gasteiger partial charge < -0.3 is 5.11 Å². The molecule has 0 aromatic carbocycles. The first-order chi connectivity index (χ1) is 7.43. The summed E-state index contributed by atoms with van der Waals surface area (Å²) in [5.41, 5.74) is 1.96. The van der Waals surface area contributed by atoms with Crippen LogP contribution < -0.4 is 0 Å². The van der Waals surface area contributed by atoms with E-state index in [2.05, 4.69) is 0 Å². The molecule has 0 rings (SSSR count). The Bertz CT molecular complexity index is 287. The van der Waals surface area contributed by atoms with Gasteiger partial charge in [0.15, 0.2) is 0 Å². The number of hydrogen-bond donors (Lipinski definition) is 1. The minimum atomic E-state index is -0.658. The van der Waals surface area contributed by atoms with Crippen LogP contribution >= 0.6 is 0 Å². The summed E-state index contributed by atoms with van der Waals surface area (Å²) in [4.78, 5) is 11.6. The summed E-state index contributed by atoms with van der Waals surface area (Å²) in [5, 5.41) is 10.0. The molecule has 0 aromatic heterocycles. The second kappa shape index (κ2) is 7.39. The van der Waals surface area contributed by atoms with Gasteiger partial charge in [0.25, 0.3) is 0 Å². The van der Waals surface area contributed by atoms with Gasteiger partial charge in [-0.15, -0.1) is 0 Å². The molecule has 0 aliphatic rings. The van der Waals surface area contributed by atoms with Gasteiger partial charge in [-0.3, -0.25) is 4.79 Å². The molecule has 92 valence electrons. The molecule has 0 bridgehead atoms. The van der Waals surface area contributed by atoms with Crippen molar-refractivity contribution < 1.29 is 9.90 Å². The number of rotatable bonds is 6. The number of allylic oxidation sites excluding steroid dienone is 3. The van der Waals surface area contributed by atoms with Gasteiger partial charge in [0.1, 0.15) is 5.78 Å². The fraction of sp³-hybridized carbons (Fsp3) is 0.643. The van der Waals surface area contributed by atoms with E-state index in [4.69, 9.17) is 0 Å². The monoisotopic (exact) mass is 224 g/mol. The quantitative estimate of drug-likeness (QED) is 0.703. The highest BCUT2D eigenvalue weighted by Gasteiger charge is 2.22. The van der Waals surface area contributed by atoms with E-state index >= 15 is 0 Å². The summed E-state index contributed by atoms with van der Waals surface area (Å²) in [6.45, 7) is 9.58. The predicted octanol–water partition coefficient (Wildman–Crippen LogP) is 3.27. The first-order valence-corrected chi connectivity index (χ1v) is 5.95. The topological polar surface area (TPSA) is 37.3 Å². The largest absolute Gasteiger partial charge is 0.388 e. The summed E-state index contributed by atoms with van der Waals surface area (Å²) in [5.74, 6) is -0.165. The third kappa shape index (κ3) is 4.75. The van der Waals surface area contributed by atoms with Crippen LogP contribution in [0.1, 0.15) is 47.5 Å². The van der Waals surface area contributed by atoms with Gasteiger partial charge in [-0.1, -0.05) is 31.6 Å². The normalized spacial score (nSPS) is 17.1. The fourth-order valence-corrected chi connectivity index (χ4v) is 1.57. The van der Waals surface area contributed by atoms with Crippen LogP contribution in [0.15, 0.2) is 23.3 Å². The molecule has 0 aliphatic heterocycles. The molecule has 2 nitrogen and oxygen atoms in total. The molecular formula is C14H24O2. The Morgan fingerprint density at radius 1 is 1.38 bits per heavy atom. The highest BCUT2D eigenvalue weighted by atomic mass is 16.3. The maximum atomic E-state index is 11.6. The second-order valence-electron chi connectivity index (χ2n) is 4.37. The third-order valence-corrected chi connectivity index (χ3v) is 2.86. The highest BCUT2D eigenvalue weighted by Crippen LogP contribution is 2.17. The van der Waals surface area contributed by atoms with Gasteiger partial charge in [-0.05, 0) is 32.8 Å². The van der Waals surface area contributed by atoms with E-state index in [9.17, 15) is 9.90 Å². The first kappa shape index (κ1) is 15.1. The Hall–Kier alpha value is -0.890. The third-order valence-electron chi connectivity index (χ3n) is 2.86. The SMILES string of the molecule is CC=C(C)C=C(C)C(O)C(C)C(=O)CCC. The minimum Gasteiger partial charge on any atom is -0.388 e. The zero-order valence-electron chi connectivity index (χ0n) is 11.1. The summed E-state index contributed by atoms with van der Waals surface area (Å²) in [7, 11) is 0. The van der Waals surface area contributed by atoms with Crippen molar-refractivity contribution in [1.82, 2.24) is 0 Å². The molecular weight excluding hydrogens is 200 g/mol. The minimum absolute atomic E-state index is 0.140. The average Bonchev–Trinajstić information content (AvgIpc) is 2.26. The van der Waals surface area contributed by atoms with E-state index < -0.39 is 6.10 Å². The van der Waals surface area contributed by atoms with Crippen LogP contribution in [-0.2, 0) is 4.79 Å². The first-order valence-electron chi connectivity index (χ1n) is 5.95. The van der Waals surface area contributed by atoms with E-state index in [-0.39, 0.29) is 11.7 Å². The Labute approximate surface area is 99.1 Å². The number of aliphatic hydroxyl groups is 1. The summed E-state index contributed by atoms with van der Waals surface area (Å²) in [6, 6.07) is 0. The van der Waals surface area contributed by atoms with Crippen molar-refractivity contribution in [3.63, 3.8) is 0 Å². The molecule has 16 heavy (non-hydrogen) atoms. The molecule has 0 amide bonds. The molecule has 0 aromatic rings. The Morgan fingerprint density at radius 3 is 2.38 bits per heavy atom. The zero-order valence-corrected chi connectivity index (χ0v) is 11.1. The maximum Gasteiger partial charge on any atom is 0.138 e. The van der Waals surface area contributed by atoms with Crippen LogP contribution in [-0.4, -0.2) is 17.0 Å². The molecule has 0 radical (unpaired) electrons. The van der Waals surface area contributed by atoms with Crippen molar-refractivity contribution >= 4 is 5.78 Å². The van der Waals surface area contributed by atoms with Crippen molar-refractivity contribution in [3.8, 4) is 0 Å². The van der Waals surface area contributed by atoms with Crippen LogP contribution in [0.3, 0.4) is 0 Å². The number of ketones is 1. The van der Waals surface area contributed by atoms with E-state index in [0.717, 1.165) is 17.6 Å². The van der Waals surface area contributed by atoms with Crippen molar-refractivity contribution in [2.45, 2.75) is 53.6 Å². The van der Waals surface area contributed by atoms with Gasteiger partial charge in [-0.2, -0.15) is 0 Å². The lowest BCUT2D eigenvalue weighted by Gasteiger charge is -2.18. The number of carbonyl (C=O) groups excluding carboxylic acids is 1. The smallest absolute Gasteiger partial charge is 0.138 e. The summed E-state index contributed by atoms with van der Waals surface area (Å²) < 4.78 is 0. The van der Waals surface area contributed by atoms with E-state index in [1.165, 1.54) is 0 Å². The van der Waals surface area contributed by atoms with Gasteiger partial charge in [0, 0.05) is 12.3 Å². The molecule has 2 atom stereocenters. The highest BCUT2D eigenvalue weighted by molar-refractivity contribution is 5.81. The maximum absolute atomic E-state index is 11.6. The van der Waals surface area contributed by atoms with Crippen LogP contribution in [0.2, 0.25) is 0 Å². The van der Waals surface area contributed by atoms with Crippen LogP contribution in [0.4, 0.5) is 0 Å². The van der Waals surface area contributed by atoms with Crippen molar-refractivity contribution in [2.75, 3.05) is 0 Å². The second-order valence-corrected chi connectivity index (χ2v) is 4.37. The zero-order chi connectivity index (χ0) is 12.7. The van der Waals surface area contributed by atoms with Gasteiger partial charge in [0.05, 0.1) is 6.10 Å². The Morgan fingerprint density at radius 2 is 1.94 bits per heavy atom. The molecule has 0 fully saturated rings. The molecule has 0 spiro atoms. The van der Waals surface area contributed by atoms with E-state index in [1.54, 1.807) is 6.92 Å². The van der Waals surface area contributed by atoms with Gasteiger partial charge >= 0.3 is 0 Å². The van der Waals surface area contributed by atoms with Crippen molar-refractivity contribution in [1.29, 1.82) is 0 Å². The summed E-state index contributed by atoms with van der Waals surface area (Å²) >= 11 is 0. The van der Waals surface area contributed by atoms with Crippen molar-refractivity contribution in [2.24, 2.45) is 5.92 Å². The molecule has 0 aliphatic carbocycles. The molecule has 0 saturated heterocycles. The fourth-order valence-electron chi connectivity index (χ4n) is 1.57. The molecule has 2 unspecified atom stereocenters. The number of Topliss-reactive ketones (excluding diaryl/α,β-unsaturated/α-hetero) is 1. The predicted molar refractivity (Wildman–Crippen MR) is 68.3 cm³/mol. The van der Waals surface area contributed by atoms with Crippen molar-refractivity contribution in [3.05, 3.63) is 23.3 Å². The van der Waals surface area contributed by atoms with E-state index in [0.29, 0.717) is 6.42 Å².